The van der Waals surface area contributed by atoms with Crippen LogP contribution >= 0.6 is 0 Å². The zero-order valence-electron chi connectivity index (χ0n) is 7.33. The average Bonchev–Trinajstić information content (AvgIpc) is 2.51. The molecule has 0 aliphatic heterocycles. The summed E-state index contributed by atoms with van der Waals surface area (Å²) in [5.41, 5.74) is 0.740. The Morgan fingerprint density at radius 1 is 1.69 bits per heavy atom. The topological polar surface area (TPSA) is 94.5 Å². The molecule has 2 N–H and O–H groups in total. The molecular weight excluding hydrogens is 170 g/mol. The summed E-state index contributed by atoms with van der Waals surface area (Å²) < 4.78 is 0. The van der Waals surface area contributed by atoms with Gasteiger partial charge in [-0.3, -0.25) is 4.79 Å². The van der Waals surface area contributed by atoms with Crippen LogP contribution in [0.2, 0.25) is 0 Å². The molecule has 0 saturated heterocycles. The van der Waals surface area contributed by atoms with Gasteiger partial charge in [0.2, 0.25) is 0 Å². The Labute approximate surface area is 74.9 Å². The number of nitriles is 1. The van der Waals surface area contributed by atoms with E-state index >= 15 is 0 Å². The average molecular weight is 179 g/mol. The lowest BCUT2D eigenvalue weighted by Gasteiger charge is -2.03. The van der Waals surface area contributed by atoms with E-state index in [1.807, 2.05) is 6.07 Å². The van der Waals surface area contributed by atoms with Crippen molar-refractivity contribution in [1.82, 2.24) is 20.7 Å². The van der Waals surface area contributed by atoms with Gasteiger partial charge in [-0.1, -0.05) is 0 Å². The summed E-state index contributed by atoms with van der Waals surface area (Å²) in [6, 6.07) is 1.36. The third kappa shape index (κ3) is 2.02. The Kier molecular flexibility index (Phi) is 2.59. The predicted octanol–water partition coefficient (Wildman–Crippen LogP) is -0.245. The van der Waals surface area contributed by atoms with Gasteiger partial charge in [0.1, 0.15) is 6.04 Å². The van der Waals surface area contributed by atoms with Crippen LogP contribution in [0.3, 0.4) is 0 Å². The van der Waals surface area contributed by atoms with E-state index in [0.29, 0.717) is 5.69 Å². The molecule has 1 atom stereocenters. The van der Waals surface area contributed by atoms with Crippen LogP contribution in [0, 0.1) is 18.3 Å². The molecule has 0 bridgehead atoms. The number of rotatable bonds is 2. The molecule has 0 spiro atoms. The zero-order chi connectivity index (χ0) is 9.84. The summed E-state index contributed by atoms with van der Waals surface area (Å²) >= 11 is 0. The maximum atomic E-state index is 11.3. The first-order valence-electron chi connectivity index (χ1n) is 3.73. The predicted molar refractivity (Wildman–Crippen MR) is 43.7 cm³/mol. The molecule has 1 aromatic heterocycles. The van der Waals surface area contributed by atoms with Gasteiger partial charge in [-0.05, 0) is 13.8 Å². The highest BCUT2D eigenvalue weighted by molar-refractivity contribution is 5.93. The van der Waals surface area contributed by atoms with Crippen LogP contribution in [0.15, 0.2) is 0 Å². The van der Waals surface area contributed by atoms with E-state index in [1.165, 1.54) is 0 Å². The van der Waals surface area contributed by atoms with Gasteiger partial charge < -0.3 is 5.32 Å². The Bertz CT molecular complexity index is 350. The van der Waals surface area contributed by atoms with Gasteiger partial charge in [-0.15, -0.1) is 0 Å². The Balaban J connectivity index is 2.71. The van der Waals surface area contributed by atoms with Crippen molar-refractivity contribution in [2.45, 2.75) is 19.9 Å². The van der Waals surface area contributed by atoms with Gasteiger partial charge in [0.05, 0.1) is 11.8 Å². The van der Waals surface area contributed by atoms with E-state index in [-0.39, 0.29) is 11.6 Å². The fraction of sp³-hybridized carbons (Fsp3) is 0.429. The number of aromatic nitrogens is 3. The number of carbonyl (C=O) groups excluding carboxylic acids is 1. The molecule has 1 amide bonds. The smallest absolute Gasteiger partial charge is 0.274 e. The second kappa shape index (κ2) is 3.67. The first kappa shape index (κ1) is 9.19. The summed E-state index contributed by atoms with van der Waals surface area (Å²) in [5.74, 6) is -0.389. The fourth-order valence-electron chi connectivity index (χ4n) is 0.796. The number of hydrogen-bond donors (Lipinski definition) is 2. The van der Waals surface area contributed by atoms with Crippen LogP contribution in [0.5, 0.6) is 0 Å². The van der Waals surface area contributed by atoms with Crippen LogP contribution in [0.25, 0.3) is 0 Å². The molecule has 0 unspecified atom stereocenters. The maximum absolute atomic E-state index is 11.3. The second-order valence-electron chi connectivity index (χ2n) is 2.58. The molecular formula is C7H9N5O. The molecule has 6 nitrogen and oxygen atoms in total. The van der Waals surface area contributed by atoms with Crippen molar-refractivity contribution < 1.29 is 4.79 Å². The molecule has 0 fully saturated rings. The van der Waals surface area contributed by atoms with Gasteiger partial charge in [0.25, 0.3) is 5.91 Å². The van der Waals surface area contributed by atoms with E-state index in [2.05, 4.69) is 20.7 Å². The SMILES string of the molecule is Cc1n[nH]nc1C(=O)N[C@@H](C)C#N. The highest BCUT2D eigenvalue weighted by Gasteiger charge is 2.14. The highest BCUT2D eigenvalue weighted by Crippen LogP contribution is 1.98. The Hall–Kier alpha value is -1.90. The van der Waals surface area contributed by atoms with Crippen molar-refractivity contribution >= 4 is 5.91 Å². The van der Waals surface area contributed by atoms with Crippen LogP contribution in [0.4, 0.5) is 0 Å². The first-order chi connectivity index (χ1) is 6.15. The second-order valence-corrected chi connectivity index (χ2v) is 2.58. The molecule has 6 heteroatoms. The highest BCUT2D eigenvalue weighted by atomic mass is 16.2. The summed E-state index contributed by atoms with van der Waals surface area (Å²) in [6.45, 7) is 3.25. The molecule has 1 rings (SSSR count). The Morgan fingerprint density at radius 3 is 2.85 bits per heavy atom. The third-order valence-corrected chi connectivity index (χ3v) is 1.48. The minimum Gasteiger partial charge on any atom is -0.335 e. The quantitative estimate of drug-likeness (QED) is 0.654. The van der Waals surface area contributed by atoms with Crippen molar-refractivity contribution in [3.05, 3.63) is 11.4 Å². The lowest BCUT2D eigenvalue weighted by molar-refractivity contribution is 0.0942. The van der Waals surface area contributed by atoms with E-state index in [9.17, 15) is 4.79 Å². The first-order valence-corrected chi connectivity index (χ1v) is 3.73. The standard InChI is InChI=1S/C7H9N5O/c1-4(3-8)9-7(13)6-5(2)10-12-11-6/h4H,1-2H3,(H,9,13)(H,10,11,12)/t4-/m0/s1. The van der Waals surface area contributed by atoms with Crippen LogP contribution in [-0.2, 0) is 0 Å². The maximum Gasteiger partial charge on any atom is 0.274 e. The van der Waals surface area contributed by atoms with E-state index < -0.39 is 6.04 Å². The number of amides is 1. The molecule has 1 heterocycles. The lowest BCUT2D eigenvalue weighted by atomic mass is 10.3. The molecule has 68 valence electrons. The molecule has 0 radical (unpaired) electrons. The number of nitrogens with one attached hydrogen (secondary N) is 2. The summed E-state index contributed by atoms with van der Waals surface area (Å²) in [4.78, 5) is 11.3. The third-order valence-electron chi connectivity index (χ3n) is 1.48. The minimum atomic E-state index is -0.524. The summed E-state index contributed by atoms with van der Waals surface area (Å²) in [6.07, 6.45) is 0. The molecule has 0 saturated carbocycles. The number of hydrogen-bond acceptors (Lipinski definition) is 4. The van der Waals surface area contributed by atoms with Gasteiger partial charge in [0.15, 0.2) is 5.69 Å². The number of carbonyl (C=O) groups is 1. The van der Waals surface area contributed by atoms with Crippen LogP contribution in [0.1, 0.15) is 23.1 Å². The monoisotopic (exact) mass is 179 g/mol. The van der Waals surface area contributed by atoms with Gasteiger partial charge in [-0.2, -0.15) is 20.7 Å². The van der Waals surface area contributed by atoms with Gasteiger partial charge in [-0.25, -0.2) is 0 Å². The van der Waals surface area contributed by atoms with Crippen molar-refractivity contribution in [3.8, 4) is 6.07 Å². The summed E-state index contributed by atoms with van der Waals surface area (Å²) in [7, 11) is 0. The van der Waals surface area contributed by atoms with Crippen molar-refractivity contribution in [2.75, 3.05) is 0 Å². The number of H-pyrrole nitrogens is 1. The van der Waals surface area contributed by atoms with E-state index in [1.54, 1.807) is 13.8 Å². The van der Waals surface area contributed by atoms with E-state index in [4.69, 9.17) is 5.26 Å². The molecule has 0 aliphatic rings. The molecule has 13 heavy (non-hydrogen) atoms. The van der Waals surface area contributed by atoms with Crippen LogP contribution in [-0.4, -0.2) is 27.4 Å². The fourth-order valence-corrected chi connectivity index (χ4v) is 0.796. The molecule has 0 aromatic carbocycles. The largest absolute Gasteiger partial charge is 0.335 e. The zero-order valence-corrected chi connectivity index (χ0v) is 7.33. The van der Waals surface area contributed by atoms with Crippen molar-refractivity contribution in [3.63, 3.8) is 0 Å². The number of nitrogens with zero attached hydrogens (tertiary/aromatic N) is 3. The van der Waals surface area contributed by atoms with E-state index in [0.717, 1.165) is 0 Å². The minimum absolute atomic E-state index is 0.224. The number of aromatic amines is 1. The lowest BCUT2D eigenvalue weighted by Crippen LogP contribution is -2.32. The number of aryl methyl sites for hydroxylation is 1. The normalized spacial score (nSPS) is 11.8. The molecule has 1 aromatic rings. The summed E-state index contributed by atoms with van der Waals surface area (Å²) in [5, 5.41) is 20.6. The Morgan fingerprint density at radius 2 is 2.38 bits per heavy atom. The van der Waals surface area contributed by atoms with Gasteiger partial charge >= 0.3 is 0 Å². The van der Waals surface area contributed by atoms with Crippen molar-refractivity contribution in [2.24, 2.45) is 0 Å². The van der Waals surface area contributed by atoms with Crippen molar-refractivity contribution in [1.29, 1.82) is 5.26 Å². The van der Waals surface area contributed by atoms with Crippen LogP contribution < -0.4 is 5.32 Å². The van der Waals surface area contributed by atoms with Gasteiger partial charge in [0, 0.05) is 0 Å². The molecule has 0 aliphatic carbocycles.